The van der Waals surface area contributed by atoms with Crippen molar-refractivity contribution < 1.29 is 4.79 Å². The Morgan fingerprint density at radius 2 is 2.35 bits per heavy atom. The van der Waals surface area contributed by atoms with Crippen LogP contribution in [0.4, 0.5) is 0 Å². The van der Waals surface area contributed by atoms with Crippen molar-refractivity contribution in [3.8, 4) is 0 Å². The van der Waals surface area contributed by atoms with Gasteiger partial charge >= 0.3 is 0 Å². The summed E-state index contributed by atoms with van der Waals surface area (Å²) in [6.07, 6.45) is 1.03. The summed E-state index contributed by atoms with van der Waals surface area (Å²) >= 11 is 2.22. The Balaban J connectivity index is 2.17. The number of carbonyl (C=O) groups is 1. The Morgan fingerprint density at radius 3 is 3.00 bits per heavy atom. The van der Waals surface area contributed by atoms with Crippen molar-refractivity contribution in [2.75, 3.05) is 19.6 Å². The van der Waals surface area contributed by atoms with Crippen LogP contribution in [0.3, 0.4) is 0 Å². The zero-order valence-electron chi connectivity index (χ0n) is 9.95. The molecule has 1 aliphatic rings. The third-order valence-electron chi connectivity index (χ3n) is 3.26. The number of rotatable bonds is 2. The van der Waals surface area contributed by atoms with Crippen molar-refractivity contribution in [1.82, 2.24) is 4.90 Å². The highest BCUT2D eigenvalue weighted by atomic mass is 127. The van der Waals surface area contributed by atoms with Gasteiger partial charge in [-0.25, -0.2) is 0 Å². The van der Waals surface area contributed by atoms with Crippen LogP contribution >= 0.6 is 22.6 Å². The van der Waals surface area contributed by atoms with Gasteiger partial charge < -0.3 is 10.6 Å². The van der Waals surface area contributed by atoms with Crippen molar-refractivity contribution in [3.05, 3.63) is 32.9 Å². The molecule has 1 aromatic carbocycles. The van der Waals surface area contributed by atoms with Gasteiger partial charge in [0, 0.05) is 16.7 Å². The van der Waals surface area contributed by atoms with Crippen molar-refractivity contribution in [2.45, 2.75) is 13.3 Å². The molecule has 0 spiro atoms. The molecule has 1 saturated heterocycles. The summed E-state index contributed by atoms with van der Waals surface area (Å²) in [5, 5.41) is 0. The summed E-state index contributed by atoms with van der Waals surface area (Å²) < 4.78 is 1.02. The molecule has 1 atom stereocenters. The maximum atomic E-state index is 12.4. The molecule has 1 aromatic rings. The molecule has 92 valence electrons. The minimum absolute atomic E-state index is 0.147. The lowest BCUT2D eigenvalue weighted by atomic mass is 10.1. The van der Waals surface area contributed by atoms with Crippen molar-refractivity contribution in [1.29, 1.82) is 0 Å². The zero-order valence-corrected chi connectivity index (χ0v) is 12.1. The zero-order chi connectivity index (χ0) is 12.4. The first-order valence-electron chi connectivity index (χ1n) is 5.87. The second kappa shape index (κ2) is 5.35. The summed E-state index contributed by atoms with van der Waals surface area (Å²) in [5.74, 6) is 0.621. The van der Waals surface area contributed by atoms with E-state index in [0.29, 0.717) is 12.5 Å². The standard InChI is InChI=1S/C13H17IN2O/c1-9-2-3-12(14)11(6-9)13(17)16-5-4-10(7-15)8-16/h2-3,6,10H,4-5,7-8,15H2,1H3. The average Bonchev–Trinajstić information content (AvgIpc) is 2.80. The van der Waals surface area contributed by atoms with Crippen molar-refractivity contribution in [2.24, 2.45) is 11.7 Å². The summed E-state index contributed by atoms with van der Waals surface area (Å²) in [4.78, 5) is 14.3. The van der Waals surface area contributed by atoms with Crippen LogP contribution in [0, 0.1) is 16.4 Å². The second-order valence-electron chi connectivity index (χ2n) is 4.62. The fraction of sp³-hybridized carbons (Fsp3) is 0.462. The van der Waals surface area contributed by atoms with E-state index in [0.717, 1.165) is 34.2 Å². The normalized spacial score (nSPS) is 19.7. The number of hydrogen-bond acceptors (Lipinski definition) is 2. The van der Waals surface area contributed by atoms with Gasteiger partial charge in [-0.05, 0) is 60.5 Å². The Labute approximate surface area is 116 Å². The number of nitrogens with zero attached hydrogens (tertiary/aromatic N) is 1. The predicted molar refractivity (Wildman–Crippen MR) is 77.0 cm³/mol. The number of benzene rings is 1. The number of aryl methyl sites for hydroxylation is 1. The molecule has 1 unspecified atom stereocenters. The monoisotopic (exact) mass is 344 g/mol. The molecule has 1 amide bonds. The molecule has 4 heteroatoms. The highest BCUT2D eigenvalue weighted by Crippen LogP contribution is 2.21. The largest absolute Gasteiger partial charge is 0.338 e. The molecule has 0 saturated carbocycles. The Bertz CT molecular complexity index is 433. The molecule has 3 nitrogen and oxygen atoms in total. The van der Waals surface area contributed by atoms with Crippen LogP contribution < -0.4 is 5.73 Å². The van der Waals surface area contributed by atoms with Crippen LogP contribution in [0.5, 0.6) is 0 Å². The predicted octanol–water partition coefficient (Wildman–Crippen LogP) is 2.02. The highest BCUT2D eigenvalue weighted by Gasteiger charge is 2.26. The van der Waals surface area contributed by atoms with Crippen LogP contribution in [-0.4, -0.2) is 30.4 Å². The highest BCUT2D eigenvalue weighted by molar-refractivity contribution is 14.1. The fourth-order valence-corrected chi connectivity index (χ4v) is 2.75. The van der Waals surface area contributed by atoms with Gasteiger partial charge in [0.2, 0.25) is 0 Å². The lowest BCUT2D eigenvalue weighted by Gasteiger charge is -2.17. The molecule has 2 N–H and O–H groups in total. The molecule has 0 radical (unpaired) electrons. The van der Waals surface area contributed by atoms with E-state index >= 15 is 0 Å². The Hall–Kier alpha value is -0.620. The quantitative estimate of drug-likeness (QED) is 0.835. The number of nitrogens with two attached hydrogens (primary N) is 1. The van der Waals surface area contributed by atoms with Crippen LogP contribution in [0.1, 0.15) is 22.3 Å². The third kappa shape index (κ3) is 2.80. The van der Waals surface area contributed by atoms with Gasteiger partial charge in [0.15, 0.2) is 0 Å². The van der Waals surface area contributed by atoms with Crippen LogP contribution in [0.2, 0.25) is 0 Å². The van der Waals surface area contributed by atoms with Gasteiger partial charge in [0.25, 0.3) is 5.91 Å². The van der Waals surface area contributed by atoms with E-state index in [1.54, 1.807) is 0 Å². The number of amides is 1. The molecule has 1 heterocycles. The maximum Gasteiger partial charge on any atom is 0.254 e. The summed E-state index contributed by atoms with van der Waals surface area (Å²) in [7, 11) is 0. The fourth-order valence-electron chi connectivity index (χ4n) is 2.18. The van der Waals surface area contributed by atoms with E-state index in [-0.39, 0.29) is 5.91 Å². The number of hydrogen-bond donors (Lipinski definition) is 1. The molecule has 1 fully saturated rings. The minimum Gasteiger partial charge on any atom is -0.338 e. The first-order chi connectivity index (χ1) is 8.11. The molecular weight excluding hydrogens is 327 g/mol. The molecule has 1 aliphatic heterocycles. The summed E-state index contributed by atoms with van der Waals surface area (Å²) in [6, 6.07) is 6.00. The molecule has 0 aromatic heterocycles. The first kappa shape index (κ1) is 12.8. The van der Waals surface area contributed by atoms with Gasteiger partial charge in [0.05, 0.1) is 5.56 Å². The van der Waals surface area contributed by atoms with Crippen molar-refractivity contribution >= 4 is 28.5 Å². The molecule has 17 heavy (non-hydrogen) atoms. The lowest BCUT2D eigenvalue weighted by Crippen LogP contribution is -2.30. The van der Waals surface area contributed by atoms with Gasteiger partial charge in [-0.2, -0.15) is 0 Å². The van der Waals surface area contributed by atoms with Crippen LogP contribution in [0.15, 0.2) is 18.2 Å². The molecule has 0 bridgehead atoms. The number of carbonyl (C=O) groups excluding carboxylic acids is 1. The Kier molecular flexibility index (Phi) is 4.04. The van der Waals surface area contributed by atoms with E-state index in [1.165, 1.54) is 0 Å². The molecule has 2 rings (SSSR count). The van der Waals surface area contributed by atoms with E-state index in [1.807, 2.05) is 30.0 Å². The third-order valence-corrected chi connectivity index (χ3v) is 4.20. The SMILES string of the molecule is Cc1ccc(I)c(C(=O)N2CCC(CN)C2)c1. The van der Waals surface area contributed by atoms with Gasteiger partial charge in [-0.15, -0.1) is 0 Å². The van der Waals surface area contributed by atoms with Crippen LogP contribution in [0.25, 0.3) is 0 Å². The second-order valence-corrected chi connectivity index (χ2v) is 5.79. The first-order valence-corrected chi connectivity index (χ1v) is 6.95. The molecular formula is C13H17IN2O. The molecule has 0 aliphatic carbocycles. The lowest BCUT2D eigenvalue weighted by molar-refractivity contribution is 0.0786. The van der Waals surface area contributed by atoms with E-state index in [9.17, 15) is 4.79 Å². The van der Waals surface area contributed by atoms with Gasteiger partial charge in [-0.1, -0.05) is 11.6 Å². The van der Waals surface area contributed by atoms with E-state index in [4.69, 9.17) is 5.73 Å². The number of halogens is 1. The minimum atomic E-state index is 0.147. The van der Waals surface area contributed by atoms with Crippen molar-refractivity contribution in [3.63, 3.8) is 0 Å². The van der Waals surface area contributed by atoms with E-state index < -0.39 is 0 Å². The van der Waals surface area contributed by atoms with Gasteiger partial charge in [-0.3, -0.25) is 4.79 Å². The maximum absolute atomic E-state index is 12.4. The smallest absolute Gasteiger partial charge is 0.254 e. The average molecular weight is 344 g/mol. The van der Waals surface area contributed by atoms with E-state index in [2.05, 4.69) is 22.6 Å². The summed E-state index contributed by atoms with van der Waals surface area (Å²) in [5.41, 5.74) is 7.60. The topological polar surface area (TPSA) is 46.3 Å². The number of likely N-dealkylation sites (tertiary alicyclic amines) is 1. The Morgan fingerprint density at radius 1 is 1.59 bits per heavy atom. The summed E-state index contributed by atoms with van der Waals surface area (Å²) in [6.45, 7) is 4.33. The van der Waals surface area contributed by atoms with Crippen LogP contribution in [-0.2, 0) is 0 Å². The van der Waals surface area contributed by atoms with Gasteiger partial charge in [0.1, 0.15) is 0 Å².